The summed E-state index contributed by atoms with van der Waals surface area (Å²) in [5.74, 6) is -2.17. The van der Waals surface area contributed by atoms with Gasteiger partial charge in [0.25, 0.3) is 0 Å². The molecule has 2 rings (SSSR count). The molecule has 0 bridgehead atoms. The Morgan fingerprint density at radius 3 is 2.42 bits per heavy atom. The van der Waals surface area contributed by atoms with Crippen LogP contribution in [0.1, 0.15) is 59.8 Å². The highest BCUT2D eigenvalue weighted by Gasteiger charge is 2.48. The molecular formula is C31H51NO11. The number of esters is 2. The van der Waals surface area contributed by atoms with Crippen molar-refractivity contribution in [1.29, 1.82) is 0 Å². The van der Waals surface area contributed by atoms with E-state index in [0.717, 1.165) is 6.29 Å². The van der Waals surface area contributed by atoms with Crippen molar-refractivity contribution < 1.29 is 53.4 Å². The van der Waals surface area contributed by atoms with E-state index >= 15 is 0 Å². The highest BCUT2D eigenvalue weighted by Crippen LogP contribution is 2.34. The first-order valence-corrected chi connectivity index (χ1v) is 15.0. The van der Waals surface area contributed by atoms with Crippen molar-refractivity contribution in [2.75, 3.05) is 21.2 Å². The molecule has 12 nitrogen and oxygen atoms in total. The van der Waals surface area contributed by atoms with Gasteiger partial charge in [0, 0.05) is 26.4 Å². The Morgan fingerprint density at radius 1 is 1.12 bits per heavy atom. The first-order chi connectivity index (χ1) is 20.3. The predicted octanol–water partition coefficient (Wildman–Crippen LogP) is 1.54. The molecule has 3 N–H and O–H groups in total. The Morgan fingerprint density at radius 2 is 1.81 bits per heavy atom. The summed E-state index contributed by atoms with van der Waals surface area (Å²) in [4.78, 5) is 39.2. The van der Waals surface area contributed by atoms with Crippen LogP contribution in [0.4, 0.5) is 0 Å². The third-order valence-corrected chi connectivity index (χ3v) is 8.07. The summed E-state index contributed by atoms with van der Waals surface area (Å²) in [5, 5.41) is 32.9. The Bertz CT molecular complexity index is 941. The van der Waals surface area contributed by atoms with Crippen molar-refractivity contribution in [3.8, 4) is 0 Å². The fraction of sp³-hybridized carbons (Fsp3) is 0.774. The Hall–Kier alpha value is -2.19. The third kappa shape index (κ3) is 10.7. The van der Waals surface area contributed by atoms with E-state index in [-0.39, 0.29) is 31.6 Å². The summed E-state index contributed by atoms with van der Waals surface area (Å²) in [5.41, 5.74) is 0. The van der Waals surface area contributed by atoms with E-state index in [4.69, 9.17) is 23.7 Å². The van der Waals surface area contributed by atoms with Crippen LogP contribution in [0, 0.1) is 11.8 Å². The normalized spacial score (nSPS) is 39.9. The molecule has 43 heavy (non-hydrogen) atoms. The second-order valence-corrected chi connectivity index (χ2v) is 11.7. The summed E-state index contributed by atoms with van der Waals surface area (Å²) < 4.78 is 29.5. The van der Waals surface area contributed by atoms with Crippen LogP contribution in [0.2, 0.25) is 0 Å². The Labute approximate surface area is 254 Å². The molecule has 12 atom stereocenters. The maximum absolute atomic E-state index is 13.0. The van der Waals surface area contributed by atoms with Gasteiger partial charge in [0.05, 0.1) is 36.9 Å². The number of ether oxygens (including phenoxy) is 5. The van der Waals surface area contributed by atoms with Crippen molar-refractivity contribution in [1.82, 2.24) is 4.90 Å². The second-order valence-electron chi connectivity index (χ2n) is 11.7. The molecule has 0 aromatic carbocycles. The molecular weight excluding hydrogens is 562 g/mol. The van der Waals surface area contributed by atoms with Gasteiger partial charge in [-0.15, -0.1) is 0 Å². The molecule has 0 aromatic heterocycles. The van der Waals surface area contributed by atoms with E-state index in [0.29, 0.717) is 6.42 Å². The molecule has 1 fully saturated rings. The molecule has 2 aliphatic rings. The van der Waals surface area contributed by atoms with Gasteiger partial charge in [-0.2, -0.15) is 0 Å². The molecule has 246 valence electrons. The van der Waals surface area contributed by atoms with E-state index in [1.807, 2.05) is 13.0 Å². The summed E-state index contributed by atoms with van der Waals surface area (Å²) in [6.07, 6.45) is -1.00. The highest BCUT2D eigenvalue weighted by molar-refractivity contribution is 5.72. The van der Waals surface area contributed by atoms with Crippen LogP contribution in [-0.2, 0) is 38.1 Å². The lowest BCUT2D eigenvalue weighted by atomic mass is 9.82. The van der Waals surface area contributed by atoms with Crippen molar-refractivity contribution in [3.63, 3.8) is 0 Å². The number of rotatable bonds is 8. The standard InChI is InChI=1S/C31H51NO11/c1-8-24(35)42-23-17-25(36)40-19(3)12-10-9-11-13-22(34)18(2)16-21(14-15-33)29(30(23)39-7)43-31-28(38)26(32(5)6)27(37)20(4)41-31/h9-11,13,15,18-23,26-31,34,37-38H,8,12,14,16-17H2,1-7H3/b10-9+,13-11-/t18-,19-,20+,21+,22+,23-,26-,27+,28-,29-,30-,31+/m1/s1. The first-order valence-electron chi connectivity index (χ1n) is 15.0. The van der Waals surface area contributed by atoms with Gasteiger partial charge in [-0.3, -0.25) is 9.59 Å². The molecule has 1 saturated heterocycles. The molecule has 0 unspecified atom stereocenters. The molecule has 0 spiro atoms. The molecule has 0 aromatic rings. The number of methoxy groups -OCH3 is 1. The minimum absolute atomic E-state index is 0.0285. The lowest BCUT2D eigenvalue weighted by molar-refractivity contribution is -0.310. The zero-order chi connectivity index (χ0) is 32.3. The second kappa shape index (κ2) is 17.9. The minimum atomic E-state index is -1.31. The number of likely N-dealkylation sites (N-methyl/N-ethyl adjacent to an activating group) is 1. The monoisotopic (exact) mass is 613 g/mol. The van der Waals surface area contributed by atoms with Gasteiger partial charge in [0.15, 0.2) is 6.29 Å². The van der Waals surface area contributed by atoms with Gasteiger partial charge in [0.1, 0.15) is 30.7 Å². The molecule has 2 heterocycles. The average Bonchev–Trinajstić information content (AvgIpc) is 2.94. The van der Waals surface area contributed by atoms with Crippen LogP contribution in [0.3, 0.4) is 0 Å². The predicted molar refractivity (Wildman–Crippen MR) is 157 cm³/mol. The van der Waals surface area contributed by atoms with Crippen LogP contribution >= 0.6 is 0 Å². The molecule has 0 radical (unpaired) electrons. The lowest BCUT2D eigenvalue weighted by Crippen LogP contribution is -2.63. The lowest BCUT2D eigenvalue weighted by Gasteiger charge is -2.47. The number of aldehydes is 1. The fourth-order valence-electron chi connectivity index (χ4n) is 5.63. The van der Waals surface area contributed by atoms with Gasteiger partial charge in [-0.05, 0) is 46.2 Å². The SMILES string of the molecule is CCC(=O)O[C@@H]1CC(=O)O[C@H](C)C/C=C/C=C\[C@H](O)[C@H](C)C[C@H](CC=O)[C@@H](O[C@@H]2O[C@@H](C)[C@H](O)[C@@H](N(C)C)[C@H]2O)[C@@H]1OC. The number of cyclic esters (lactones) is 1. The van der Waals surface area contributed by atoms with Crippen molar-refractivity contribution in [2.45, 2.75) is 121 Å². The summed E-state index contributed by atoms with van der Waals surface area (Å²) >= 11 is 0. The zero-order valence-corrected chi connectivity index (χ0v) is 26.4. The number of nitrogens with zero attached hydrogens (tertiary/aromatic N) is 1. The number of carbonyl (C=O) groups excluding carboxylic acids is 3. The van der Waals surface area contributed by atoms with Crippen LogP contribution in [0.15, 0.2) is 24.3 Å². The van der Waals surface area contributed by atoms with Gasteiger partial charge in [0.2, 0.25) is 0 Å². The Balaban J connectivity index is 2.63. The van der Waals surface area contributed by atoms with Gasteiger partial charge >= 0.3 is 11.9 Å². The van der Waals surface area contributed by atoms with Crippen molar-refractivity contribution in [2.24, 2.45) is 11.8 Å². The summed E-state index contributed by atoms with van der Waals surface area (Å²) in [6.45, 7) is 6.84. The maximum Gasteiger partial charge on any atom is 0.309 e. The molecule has 2 aliphatic heterocycles. The van der Waals surface area contributed by atoms with Gasteiger partial charge < -0.3 is 48.7 Å². The van der Waals surface area contributed by atoms with Crippen LogP contribution in [0.25, 0.3) is 0 Å². The number of hydrogen-bond donors (Lipinski definition) is 3. The molecule has 0 saturated carbocycles. The Kier molecular flexibility index (Phi) is 15.4. The molecule has 0 amide bonds. The number of carbonyl (C=O) groups is 3. The van der Waals surface area contributed by atoms with Crippen molar-refractivity contribution >= 4 is 18.2 Å². The topological polar surface area (TPSA) is 161 Å². The highest BCUT2D eigenvalue weighted by atomic mass is 16.7. The van der Waals surface area contributed by atoms with E-state index in [9.17, 15) is 29.7 Å². The maximum atomic E-state index is 13.0. The number of hydrogen-bond acceptors (Lipinski definition) is 12. The number of aliphatic hydroxyl groups is 3. The third-order valence-electron chi connectivity index (χ3n) is 8.07. The van der Waals surface area contributed by atoms with E-state index in [1.54, 1.807) is 58.0 Å². The fourth-order valence-corrected chi connectivity index (χ4v) is 5.63. The van der Waals surface area contributed by atoms with Gasteiger partial charge in [-0.25, -0.2) is 0 Å². The smallest absolute Gasteiger partial charge is 0.309 e. The van der Waals surface area contributed by atoms with Gasteiger partial charge in [-0.1, -0.05) is 38.2 Å². The zero-order valence-electron chi connectivity index (χ0n) is 26.4. The van der Waals surface area contributed by atoms with E-state index < -0.39 is 79.0 Å². The largest absolute Gasteiger partial charge is 0.462 e. The first kappa shape index (κ1) is 37.0. The summed E-state index contributed by atoms with van der Waals surface area (Å²) in [7, 11) is 4.80. The number of aliphatic hydroxyl groups excluding tert-OH is 3. The minimum Gasteiger partial charge on any atom is -0.462 e. The van der Waals surface area contributed by atoms with Crippen LogP contribution in [-0.4, -0.2) is 121 Å². The quantitative estimate of drug-likeness (QED) is 0.268. The van der Waals surface area contributed by atoms with E-state index in [1.165, 1.54) is 7.11 Å². The average molecular weight is 614 g/mol. The van der Waals surface area contributed by atoms with Crippen LogP contribution in [0.5, 0.6) is 0 Å². The molecule has 0 aliphatic carbocycles. The summed E-state index contributed by atoms with van der Waals surface area (Å²) in [6, 6.07) is -0.741. The van der Waals surface area contributed by atoms with E-state index in [2.05, 4.69) is 0 Å². The molecule has 12 heteroatoms. The van der Waals surface area contributed by atoms with Crippen molar-refractivity contribution in [3.05, 3.63) is 24.3 Å². The van der Waals surface area contributed by atoms with Crippen LogP contribution < -0.4 is 0 Å². The number of allylic oxidation sites excluding steroid dienone is 2.